The summed E-state index contributed by atoms with van der Waals surface area (Å²) in [4.78, 5) is 19.2. The summed E-state index contributed by atoms with van der Waals surface area (Å²) in [7, 11) is 1.09. The highest BCUT2D eigenvalue weighted by Crippen LogP contribution is 2.28. The van der Waals surface area contributed by atoms with Gasteiger partial charge in [-0.1, -0.05) is 11.6 Å². The van der Waals surface area contributed by atoms with Crippen molar-refractivity contribution < 1.29 is 22.4 Å². The molecular weight excluding hydrogens is 402 g/mol. The molecule has 1 aliphatic heterocycles. The normalized spacial score (nSPS) is 20.6. The maximum Gasteiger partial charge on any atom is 0.406 e. The van der Waals surface area contributed by atoms with Gasteiger partial charge in [-0.15, -0.1) is 0 Å². The minimum Gasteiger partial charge on any atom is -0.340 e. The van der Waals surface area contributed by atoms with E-state index in [4.69, 9.17) is 17.3 Å². The topological polar surface area (TPSA) is 67.4 Å². The van der Waals surface area contributed by atoms with E-state index < -0.39 is 30.8 Å². The van der Waals surface area contributed by atoms with Crippen molar-refractivity contribution in [3.63, 3.8) is 0 Å². The van der Waals surface area contributed by atoms with Gasteiger partial charge in [0.1, 0.15) is 19.3 Å². The minimum absolute atomic E-state index is 0.185. The van der Waals surface area contributed by atoms with Crippen LogP contribution >= 0.6 is 11.6 Å². The third-order valence-corrected chi connectivity index (χ3v) is 4.91. The van der Waals surface area contributed by atoms with E-state index in [1.54, 1.807) is 23.1 Å². The summed E-state index contributed by atoms with van der Waals surface area (Å²) in [5, 5.41) is 0.434. The fourth-order valence-electron chi connectivity index (χ4n) is 3.24. The van der Waals surface area contributed by atoms with Crippen LogP contribution in [0.15, 0.2) is 18.2 Å². The van der Waals surface area contributed by atoms with Gasteiger partial charge in [-0.3, -0.25) is 4.79 Å². The second-order valence-electron chi connectivity index (χ2n) is 6.91. The van der Waals surface area contributed by atoms with Crippen molar-refractivity contribution in [3.05, 3.63) is 23.2 Å². The highest BCUT2D eigenvalue weighted by Gasteiger charge is 2.33. The number of anilines is 1. The molecule has 0 saturated carbocycles. The number of rotatable bonds is 4. The number of carbonyl (C=O) groups is 1. The fraction of sp³-hybridized carbons (Fsp3) is 0.529. The Kier molecular flexibility index (Phi) is 5.72. The van der Waals surface area contributed by atoms with Crippen LogP contribution in [0.25, 0.3) is 11.0 Å². The molecule has 2 N–H and O–H groups in total. The largest absolute Gasteiger partial charge is 0.406 e. The molecular formula is C17H20ClF4N5O. The van der Waals surface area contributed by atoms with Crippen LogP contribution in [0.3, 0.4) is 0 Å². The number of nitrogens with zero attached hydrogens (tertiary/aromatic N) is 4. The molecule has 11 heteroatoms. The first-order valence-electron chi connectivity index (χ1n) is 8.66. The highest BCUT2D eigenvalue weighted by molar-refractivity contribution is 6.31. The molecule has 154 valence electrons. The maximum atomic E-state index is 13.7. The van der Waals surface area contributed by atoms with Crippen LogP contribution in [0.5, 0.6) is 0 Å². The van der Waals surface area contributed by atoms with Crippen LogP contribution < -0.4 is 10.6 Å². The Morgan fingerprint density at radius 3 is 2.79 bits per heavy atom. The SMILES string of the molecule is CN(CC(F)(F)F)C(=O)Cn1c(N2CC[C@@H](F)[C@H](N)C2)nc2cc(Cl)ccc21. The van der Waals surface area contributed by atoms with Crippen LogP contribution in [0.4, 0.5) is 23.5 Å². The minimum atomic E-state index is -4.49. The molecule has 28 heavy (non-hydrogen) atoms. The Labute approximate surface area is 163 Å². The lowest BCUT2D eigenvalue weighted by Gasteiger charge is -2.34. The summed E-state index contributed by atoms with van der Waals surface area (Å²) in [5.74, 6) is -0.370. The lowest BCUT2D eigenvalue weighted by Crippen LogP contribution is -2.50. The molecule has 1 saturated heterocycles. The van der Waals surface area contributed by atoms with Gasteiger partial charge in [0, 0.05) is 25.2 Å². The molecule has 1 aromatic heterocycles. The van der Waals surface area contributed by atoms with Crippen molar-refractivity contribution in [2.75, 3.05) is 31.6 Å². The zero-order chi connectivity index (χ0) is 20.6. The predicted octanol–water partition coefficient (Wildman–Crippen LogP) is 2.59. The van der Waals surface area contributed by atoms with Crippen molar-refractivity contribution in [2.45, 2.75) is 31.4 Å². The summed E-state index contributed by atoms with van der Waals surface area (Å²) in [5.41, 5.74) is 6.85. The molecule has 2 aromatic rings. The first-order valence-corrected chi connectivity index (χ1v) is 9.04. The van der Waals surface area contributed by atoms with Crippen LogP contribution in [-0.2, 0) is 11.3 Å². The third-order valence-electron chi connectivity index (χ3n) is 4.68. The second kappa shape index (κ2) is 7.75. The Hall–Kier alpha value is -2.07. The molecule has 6 nitrogen and oxygen atoms in total. The van der Waals surface area contributed by atoms with Crippen LogP contribution in [0.2, 0.25) is 5.02 Å². The lowest BCUT2D eigenvalue weighted by molar-refractivity contribution is -0.158. The monoisotopic (exact) mass is 421 g/mol. The summed E-state index contributed by atoms with van der Waals surface area (Å²) in [6.45, 7) is -1.17. The quantitative estimate of drug-likeness (QED) is 0.771. The number of amides is 1. The summed E-state index contributed by atoms with van der Waals surface area (Å²) < 4.78 is 53.1. The number of imidazole rings is 1. The van der Waals surface area contributed by atoms with Crippen molar-refractivity contribution >= 4 is 34.5 Å². The van der Waals surface area contributed by atoms with Gasteiger partial charge in [-0.05, 0) is 24.6 Å². The van der Waals surface area contributed by atoms with Gasteiger partial charge in [-0.25, -0.2) is 9.37 Å². The summed E-state index contributed by atoms with van der Waals surface area (Å²) >= 11 is 6.00. The molecule has 2 heterocycles. The number of piperidine rings is 1. The van der Waals surface area contributed by atoms with Crippen LogP contribution in [0.1, 0.15) is 6.42 Å². The van der Waals surface area contributed by atoms with Crippen molar-refractivity contribution in [3.8, 4) is 0 Å². The van der Waals surface area contributed by atoms with E-state index in [0.29, 0.717) is 33.4 Å². The van der Waals surface area contributed by atoms with Crippen molar-refractivity contribution in [1.82, 2.24) is 14.5 Å². The second-order valence-corrected chi connectivity index (χ2v) is 7.35. The van der Waals surface area contributed by atoms with Gasteiger partial charge in [0.2, 0.25) is 11.9 Å². The molecule has 1 amide bonds. The van der Waals surface area contributed by atoms with E-state index in [2.05, 4.69) is 4.98 Å². The number of likely N-dealkylation sites (N-methyl/N-ethyl adjacent to an activating group) is 1. The highest BCUT2D eigenvalue weighted by atomic mass is 35.5. The number of hydrogen-bond acceptors (Lipinski definition) is 4. The molecule has 0 bridgehead atoms. The van der Waals surface area contributed by atoms with E-state index in [1.807, 2.05) is 0 Å². The Morgan fingerprint density at radius 2 is 2.14 bits per heavy atom. The van der Waals surface area contributed by atoms with E-state index >= 15 is 0 Å². The smallest absolute Gasteiger partial charge is 0.340 e. The Morgan fingerprint density at radius 1 is 1.43 bits per heavy atom. The zero-order valence-corrected chi connectivity index (χ0v) is 15.8. The number of aromatic nitrogens is 2. The Bertz CT molecular complexity index is 871. The number of nitrogens with two attached hydrogens (primary N) is 1. The van der Waals surface area contributed by atoms with Crippen LogP contribution in [-0.4, -0.2) is 65.4 Å². The van der Waals surface area contributed by atoms with E-state index in [0.717, 1.165) is 7.05 Å². The average Bonchev–Trinajstić information content (AvgIpc) is 2.93. The van der Waals surface area contributed by atoms with Gasteiger partial charge < -0.3 is 20.1 Å². The molecule has 0 unspecified atom stereocenters. The molecule has 1 aromatic carbocycles. The predicted molar refractivity (Wildman–Crippen MR) is 98.1 cm³/mol. The molecule has 3 rings (SSSR count). The Balaban J connectivity index is 1.94. The van der Waals surface area contributed by atoms with Gasteiger partial charge in [0.05, 0.1) is 17.1 Å². The number of carbonyl (C=O) groups excluding carboxylic acids is 1. The zero-order valence-electron chi connectivity index (χ0n) is 15.1. The van der Waals surface area contributed by atoms with Crippen molar-refractivity contribution in [1.29, 1.82) is 0 Å². The first kappa shape index (κ1) is 20.7. The molecule has 0 radical (unpaired) electrons. The molecule has 1 aliphatic rings. The van der Waals surface area contributed by atoms with Gasteiger partial charge in [0.15, 0.2) is 0 Å². The van der Waals surface area contributed by atoms with Crippen molar-refractivity contribution in [2.24, 2.45) is 5.73 Å². The summed E-state index contributed by atoms with van der Waals surface area (Å²) in [6, 6.07) is 4.14. The maximum absolute atomic E-state index is 13.7. The van der Waals surface area contributed by atoms with Gasteiger partial charge in [-0.2, -0.15) is 13.2 Å². The average molecular weight is 422 g/mol. The van der Waals surface area contributed by atoms with E-state index in [-0.39, 0.29) is 19.5 Å². The number of alkyl halides is 4. The number of halogens is 5. The molecule has 0 spiro atoms. The summed E-state index contributed by atoms with van der Waals surface area (Å²) in [6.07, 6.45) is -5.43. The fourth-order valence-corrected chi connectivity index (χ4v) is 3.40. The lowest BCUT2D eigenvalue weighted by atomic mass is 10.1. The van der Waals surface area contributed by atoms with Gasteiger partial charge in [0.25, 0.3) is 0 Å². The number of fused-ring (bicyclic) bond motifs is 1. The molecule has 1 fully saturated rings. The third kappa shape index (κ3) is 4.49. The van der Waals surface area contributed by atoms with E-state index in [1.165, 1.54) is 4.57 Å². The number of hydrogen-bond donors (Lipinski definition) is 1. The van der Waals surface area contributed by atoms with Crippen LogP contribution in [0, 0.1) is 0 Å². The standard InChI is InChI=1S/C17H20ClF4N5O/c1-25(9-17(20,21)22)15(28)8-27-14-3-2-10(18)6-13(14)24-16(27)26-5-4-11(19)12(23)7-26/h2-3,6,11-12H,4-5,7-9,23H2,1H3/t11-,12-/m1/s1. The van der Waals surface area contributed by atoms with E-state index in [9.17, 15) is 22.4 Å². The number of benzene rings is 1. The first-order chi connectivity index (χ1) is 13.0. The molecule has 0 aliphatic carbocycles. The molecule has 2 atom stereocenters. The van der Waals surface area contributed by atoms with Gasteiger partial charge >= 0.3 is 6.18 Å².